The van der Waals surface area contributed by atoms with E-state index in [1.807, 2.05) is 30.3 Å². The maximum atomic E-state index is 5.99. The topological polar surface area (TPSA) is 44.5 Å². The highest BCUT2D eigenvalue weighted by atomic mass is 35.5. The Morgan fingerprint density at radius 3 is 2.70 bits per heavy atom. The van der Waals surface area contributed by atoms with Gasteiger partial charge in [0.15, 0.2) is 11.5 Å². The molecular weight excluding hydrogens is 294 g/mol. The van der Waals surface area contributed by atoms with Gasteiger partial charge in [-0.15, -0.1) is 11.8 Å². The fourth-order valence-corrected chi connectivity index (χ4v) is 3.10. The Labute approximate surface area is 127 Å². The molecule has 1 aliphatic rings. The monoisotopic (exact) mass is 307 g/mol. The Kier molecular flexibility index (Phi) is 3.94. The van der Waals surface area contributed by atoms with E-state index in [0.29, 0.717) is 18.2 Å². The highest BCUT2D eigenvalue weighted by Gasteiger charge is 2.12. The van der Waals surface area contributed by atoms with Crippen LogP contribution in [0.2, 0.25) is 5.02 Å². The van der Waals surface area contributed by atoms with Crippen LogP contribution in [0.3, 0.4) is 0 Å². The Hall–Kier alpha value is -1.52. The number of benzene rings is 2. The van der Waals surface area contributed by atoms with Crippen LogP contribution in [0, 0.1) is 0 Å². The molecule has 3 rings (SSSR count). The second-order valence-corrected chi connectivity index (χ2v) is 5.92. The fourth-order valence-electron chi connectivity index (χ4n) is 1.97. The largest absolute Gasteiger partial charge is 0.486 e. The lowest BCUT2D eigenvalue weighted by Gasteiger charge is -2.18. The van der Waals surface area contributed by atoms with E-state index < -0.39 is 0 Å². The highest BCUT2D eigenvalue weighted by molar-refractivity contribution is 7.98. The molecule has 0 amide bonds. The predicted molar refractivity (Wildman–Crippen MR) is 82.9 cm³/mol. The maximum Gasteiger partial charge on any atom is 0.162 e. The zero-order valence-electron chi connectivity index (χ0n) is 10.8. The van der Waals surface area contributed by atoms with Crippen molar-refractivity contribution in [3.63, 3.8) is 0 Å². The first-order chi connectivity index (χ1) is 9.72. The molecule has 5 heteroatoms. The molecule has 1 aliphatic heterocycles. The van der Waals surface area contributed by atoms with E-state index in [4.69, 9.17) is 26.8 Å². The van der Waals surface area contributed by atoms with Gasteiger partial charge in [0.05, 0.1) is 0 Å². The number of nitrogens with two attached hydrogens (primary N) is 1. The average molecular weight is 308 g/mol. The number of nitrogen functional groups attached to an aromatic ring is 1. The number of ether oxygens (including phenoxy) is 2. The van der Waals surface area contributed by atoms with Gasteiger partial charge in [-0.05, 0) is 42.0 Å². The van der Waals surface area contributed by atoms with Gasteiger partial charge in [-0.2, -0.15) is 0 Å². The molecular formula is C15H14ClNO2S. The summed E-state index contributed by atoms with van der Waals surface area (Å²) in [6.45, 7) is 1.21. The first-order valence-corrected chi connectivity index (χ1v) is 7.65. The van der Waals surface area contributed by atoms with Gasteiger partial charge in [0, 0.05) is 21.4 Å². The molecule has 0 fully saturated rings. The SMILES string of the molecule is Nc1ccc(Cl)cc1CSc1ccc2c(c1)OCCO2. The van der Waals surface area contributed by atoms with Crippen LogP contribution in [0.5, 0.6) is 11.5 Å². The van der Waals surface area contributed by atoms with E-state index in [9.17, 15) is 0 Å². The Bertz CT molecular complexity index is 633. The van der Waals surface area contributed by atoms with Crippen molar-refractivity contribution < 1.29 is 9.47 Å². The molecule has 0 atom stereocenters. The van der Waals surface area contributed by atoms with Crippen molar-refractivity contribution in [1.29, 1.82) is 0 Å². The van der Waals surface area contributed by atoms with Gasteiger partial charge in [-0.25, -0.2) is 0 Å². The Morgan fingerprint density at radius 1 is 1.05 bits per heavy atom. The van der Waals surface area contributed by atoms with E-state index in [-0.39, 0.29) is 0 Å². The van der Waals surface area contributed by atoms with Crippen molar-refractivity contribution in [2.75, 3.05) is 18.9 Å². The molecule has 1 heterocycles. The fraction of sp³-hybridized carbons (Fsp3) is 0.200. The number of fused-ring (bicyclic) bond motifs is 1. The van der Waals surface area contributed by atoms with Crippen LogP contribution in [0.15, 0.2) is 41.3 Å². The van der Waals surface area contributed by atoms with Crippen LogP contribution >= 0.6 is 23.4 Å². The lowest BCUT2D eigenvalue weighted by molar-refractivity contribution is 0.171. The molecule has 0 unspecified atom stereocenters. The molecule has 0 radical (unpaired) electrons. The number of thioether (sulfide) groups is 1. The standard InChI is InChI=1S/C15H14ClNO2S/c16-11-1-3-13(17)10(7-11)9-20-12-2-4-14-15(8-12)19-6-5-18-14/h1-4,7-8H,5-6,9,17H2. The van der Waals surface area contributed by atoms with Gasteiger partial charge < -0.3 is 15.2 Å². The van der Waals surface area contributed by atoms with Crippen LogP contribution < -0.4 is 15.2 Å². The van der Waals surface area contributed by atoms with Crippen molar-refractivity contribution in [2.45, 2.75) is 10.6 Å². The molecule has 0 aliphatic carbocycles. The van der Waals surface area contributed by atoms with Crippen molar-refractivity contribution in [1.82, 2.24) is 0 Å². The molecule has 0 saturated carbocycles. The summed E-state index contributed by atoms with van der Waals surface area (Å²) in [5.41, 5.74) is 7.75. The second-order valence-electron chi connectivity index (χ2n) is 4.44. The molecule has 3 nitrogen and oxygen atoms in total. The molecule has 0 spiro atoms. The van der Waals surface area contributed by atoms with E-state index in [0.717, 1.165) is 33.4 Å². The van der Waals surface area contributed by atoms with Crippen LogP contribution in [-0.2, 0) is 5.75 Å². The predicted octanol–water partition coefficient (Wildman–Crippen LogP) is 3.99. The third kappa shape index (κ3) is 2.97. The minimum absolute atomic E-state index is 0.600. The molecule has 2 aromatic rings. The minimum atomic E-state index is 0.600. The van der Waals surface area contributed by atoms with E-state index in [1.165, 1.54) is 0 Å². The Balaban J connectivity index is 1.73. The van der Waals surface area contributed by atoms with Gasteiger partial charge in [-0.1, -0.05) is 11.6 Å². The van der Waals surface area contributed by atoms with Crippen molar-refractivity contribution >= 4 is 29.1 Å². The summed E-state index contributed by atoms with van der Waals surface area (Å²) in [6, 6.07) is 11.5. The molecule has 0 aromatic heterocycles. The summed E-state index contributed by atoms with van der Waals surface area (Å²) in [7, 11) is 0. The highest BCUT2D eigenvalue weighted by Crippen LogP contribution is 2.35. The summed E-state index contributed by atoms with van der Waals surface area (Å²) in [6.07, 6.45) is 0. The van der Waals surface area contributed by atoms with Crippen LogP contribution in [0.25, 0.3) is 0 Å². The van der Waals surface area contributed by atoms with Crippen molar-refractivity contribution in [2.24, 2.45) is 0 Å². The van der Waals surface area contributed by atoms with E-state index >= 15 is 0 Å². The summed E-state index contributed by atoms with van der Waals surface area (Å²) in [5.74, 6) is 2.38. The zero-order chi connectivity index (χ0) is 13.9. The van der Waals surface area contributed by atoms with E-state index in [1.54, 1.807) is 17.8 Å². The molecule has 0 bridgehead atoms. The quantitative estimate of drug-likeness (QED) is 0.688. The van der Waals surface area contributed by atoms with Crippen molar-refractivity contribution in [3.8, 4) is 11.5 Å². The van der Waals surface area contributed by atoms with Gasteiger partial charge in [0.25, 0.3) is 0 Å². The zero-order valence-corrected chi connectivity index (χ0v) is 12.3. The average Bonchev–Trinajstić information content (AvgIpc) is 2.48. The smallest absolute Gasteiger partial charge is 0.162 e. The summed E-state index contributed by atoms with van der Waals surface area (Å²) >= 11 is 7.69. The number of anilines is 1. The number of hydrogen-bond acceptors (Lipinski definition) is 4. The number of hydrogen-bond donors (Lipinski definition) is 1. The molecule has 2 aromatic carbocycles. The third-order valence-corrected chi connectivity index (χ3v) is 4.29. The molecule has 0 saturated heterocycles. The Morgan fingerprint density at radius 2 is 1.85 bits per heavy atom. The first-order valence-electron chi connectivity index (χ1n) is 6.29. The summed E-state index contributed by atoms with van der Waals surface area (Å²) < 4.78 is 11.1. The number of rotatable bonds is 3. The third-order valence-electron chi connectivity index (χ3n) is 3.01. The number of halogens is 1. The van der Waals surface area contributed by atoms with Crippen LogP contribution in [-0.4, -0.2) is 13.2 Å². The van der Waals surface area contributed by atoms with Gasteiger partial charge in [0.2, 0.25) is 0 Å². The first kappa shape index (κ1) is 13.5. The van der Waals surface area contributed by atoms with Gasteiger partial charge in [0.1, 0.15) is 13.2 Å². The maximum absolute atomic E-state index is 5.99. The second kappa shape index (κ2) is 5.85. The molecule has 104 valence electrons. The normalized spacial score (nSPS) is 13.2. The van der Waals surface area contributed by atoms with Gasteiger partial charge >= 0.3 is 0 Å². The molecule has 2 N–H and O–H groups in total. The van der Waals surface area contributed by atoms with Crippen LogP contribution in [0.1, 0.15) is 5.56 Å². The summed E-state index contributed by atoms with van der Waals surface area (Å²) in [5, 5.41) is 0.706. The lowest BCUT2D eigenvalue weighted by Crippen LogP contribution is -2.15. The molecule has 20 heavy (non-hydrogen) atoms. The van der Waals surface area contributed by atoms with Crippen molar-refractivity contribution in [3.05, 3.63) is 47.0 Å². The summed E-state index contributed by atoms with van der Waals surface area (Å²) in [4.78, 5) is 1.12. The minimum Gasteiger partial charge on any atom is -0.486 e. The van der Waals surface area contributed by atoms with Crippen LogP contribution in [0.4, 0.5) is 5.69 Å². The van der Waals surface area contributed by atoms with E-state index in [2.05, 4.69) is 0 Å². The van der Waals surface area contributed by atoms with Gasteiger partial charge in [-0.3, -0.25) is 0 Å². The lowest BCUT2D eigenvalue weighted by atomic mass is 10.2.